The normalized spacial score (nSPS) is 12.0. The van der Waals surface area contributed by atoms with Gasteiger partial charge in [-0.05, 0) is 38.5 Å². The summed E-state index contributed by atoms with van der Waals surface area (Å²) in [7, 11) is 1.69. The molecule has 1 N–H and O–H groups in total. The van der Waals surface area contributed by atoms with Gasteiger partial charge in [-0.15, -0.1) is 0 Å². The zero-order valence-electron chi connectivity index (χ0n) is 12.0. The summed E-state index contributed by atoms with van der Waals surface area (Å²) in [5.41, 5.74) is 4.98. The maximum atomic E-state index is 5.24. The molecule has 0 aliphatic heterocycles. The second-order valence-electron chi connectivity index (χ2n) is 5.02. The van der Waals surface area contributed by atoms with Gasteiger partial charge in [-0.2, -0.15) is 0 Å². The first-order valence-electron chi connectivity index (χ1n) is 6.57. The van der Waals surface area contributed by atoms with Crippen molar-refractivity contribution in [2.75, 3.05) is 12.4 Å². The number of anilines is 1. The monoisotopic (exact) mass is 255 g/mol. The lowest BCUT2D eigenvalue weighted by atomic mass is 10.0. The van der Waals surface area contributed by atoms with E-state index in [2.05, 4.69) is 50.4 Å². The lowest BCUT2D eigenvalue weighted by Gasteiger charge is -2.17. The van der Waals surface area contributed by atoms with Crippen LogP contribution in [0.25, 0.3) is 0 Å². The second kappa shape index (κ2) is 5.79. The van der Waals surface area contributed by atoms with E-state index in [1.165, 1.54) is 16.7 Å². The molecule has 0 fully saturated rings. The largest absolute Gasteiger partial charge is 0.497 e. The third-order valence-electron chi connectivity index (χ3n) is 3.20. The molecule has 0 heterocycles. The van der Waals surface area contributed by atoms with Gasteiger partial charge >= 0.3 is 0 Å². The van der Waals surface area contributed by atoms with Gasteiger partial charge in [0.2, 0.25) is 0 Å². The van der Waals surface area contributed by atoms with Gasteiger partial charge < -0.3 is 10.1 Å². The first-order chi connectivity index (χ1) is 9.08. The summed E-state index contributed by atoms with van der Waals surface area (Å²) < 4.78 is 5.24. The van der Waals surface area contributed by atoms with Gasteiger partial charge in [0, 0.05) is 17.8 Å². The highest BCUT2D eigenvalue weighted by Gasteiger charge is 2.07. The molecule has 2 heteroatoms. The Morgan fingerprint density at radius 3 is 2.32 bits per heavy atom. The lowest BCUT2D eigenvalue weighted by molar-refractivity contribution is 0.415. The van der Waals surface area contributed by atoms with Crippen LogP contribution in [0.1, 0.15) is 29.7 Å². The topological polar surface area (TPSA) is 21.3 Å². The van der Waals surface area contributed by atoms with E-state index in [-0.39, 0.29) is 6.04 Å². The first kappa shape index (κ1) is 13.5. The van der Waals surface area contributed by atoms with Crippen molar-refractivity contribution < 1.29 is 4.74 Å². The molecule has 0 amide bonds. The number of aryl methyl sites for hydroxylation is 2. The van der Waals surface area contributed by atoms with Crippen molar-refractivity contribution >= 4 is 5.69 Å². The van der Waals surface area contributed by atoms with Crippen molar-refractivity contribution in [2.45, 2.75) is 26.8 Å². The number of benzene rings is 2. The molecule has 0 bridgehead atoms. The summed E-state index contributed by atoms with van der Waals surface area (Å²) in [5, 5.41) is 3.51. The second-order valence-corrected chi connectivity index (χ2v) is 5.02. The van der Waals surface area contributed by atoms with Gasteiger partial charge in [-0.25, -0.2) is 0 Å². The fraction of sp³-hybridized carbons (Fsp3) is 0.294. The molecule has 0 aliphatic carbocycles. The number of hydrogen-bond donors (Lipinski definition) is 1. The van der Waals surface area contributed by atoms with Crippen LogP contribution in [-0.2, 0) is 0 Å². The Kier molecular flexibility index (Phi) is 4.10. The van der Waals surface area contributed by atoms with Crippen LogP contribution in [0, 0.1) is 13.8 Å². The zero-order chi connectivity index (χ0) is 13.8. The fourth-order valence-corrected chi connectivity index (χ4v) is 2.31. The van der Waals surface area contributed by atoms with E-state index < -0.39 is 0 Å². The molecule has 19 heavy (non-hydrogen) atoms. The molecule has 2 aromatic carbocycles. The molecule has 0 aliphatic rings. The number of ether oxygens (including phenoxy) is 1. The highest BCUT2D eigenvalue weighted by atomic mass is 16.5. The summed E-state index contributed by atoms with van der Waals surface area (Å²) in [6, 6.07) is 14.9. The highest BCUT2D eigenvalue weighted by Crippen LogP contribution is 2.23. The van der Waals surface area contributed by atoms with Crippen LogP contribution < -0.4 is 10.1 Å². The lowest BCUT2D eigenvalue weighted by Crippen LogP contribution is -2.07. The Labute approximate surface area is 115 Å². The van der Waals surface area contributed by atoms with E-state index in [1.54, 1.807) is 7.11 Å². The van der Waals surface area contributed by atoms with E-state index in [0.29, 0.717) is 0 Å². The molecule has 0 radical (unpaired) electrons. The third kappa shape index (κ3) is 3.50. The van der Waals surface area contributed by atoms with Crippen LogP contribution in [0.3, 0.4) is 0 Å². The van der Waals surface area contributed by atoms with Crippen molar-refractivity contribution in [3.8, 4) is 5.75 Å². The maximum absolute atomic E-state index is 5.24. The van der Waals surface area contributed by atoms with Crippen LogP contribution in [0.4, 0.5) is 5.69 Å². The zero-order valence-corrected chi connectivity index (χ0v) is 12.0. The van der Waals surface area contributed by atoms with Gasteiger partial charge in [-0.1, -0.05) is 35.4 Å². The quantitative estimate of drug-likeness (QED) is 0.869. The van der Waals surface area contributed by atoms with Crippen molar-refractivity contribution in [3.63, 3.8) is 0 Å². The van der Waals surface area contributed by atoms with Crippen molar-refractivity contribution in [2.24, 2.45) is 0 Å². The maximum Gasteiger partial charge on any atom is 0.120 e. The van der Waals surface area contributed by atoms with Gasteiger partial charge in [0.05, 0.1) is 7.11 Å². The minimum atomic E-state index is 0.269. The summed E-state index contributed by atoms with van der Waals surface area (Å²) in [6.07, 6.45) is 0. The summed E-state index contributed by atoms with van der Waals surface area (Å²) in [6.45, 7) is 6.44. The molecule has 0 saturated carbocycles. The Bertz CT molecular complexity index is 543. The Morgan fingerprint density at radius 2 is 1.68 bits per heavy atom. The molecule has 0 saturated heterocycles. The number of rotatable bonds is 4. The summed E-state index contributed by atoms with van der Waals surface area (Å²) in [4.78, 5) is 0. The number of hydrogen-bond acceptors (Lipinski definition) is 2. The predicted molar refractivity (Wildman–Crippen MR) is 80.9 cm³/mol. The van der Waals surface area contributed by atoms with Crippen LogP contribution in [-0.4, -0.2) is 7.11 Å². The van der Waals surface area contributed by atoms with Crippen molar-refractivity contribution in [1.82, 2.24) is 0 Å². The molecule has 1 unspecified atom stereocenters. The third-order valence-corrected chi connectivity index (χ3v) is 3.20. The average molecular weight is 255 g/mol. The average Bonchev–Trinajstić information content (AvgIpc) is 2.37. The smallest absolute Gasteiger partial charge is 0.120 e. The summed E-state index contributed by atoms with van der Waals surface area (Å²) >= 11 is 0. The highest BCUT2D eigenvalue weighted by molar-refractivity contribution is 5.50. The van der Waals surface area contributed by atoms with Crippen LogP contribution in [0.2, 0.25) is 0 Å². The molecule has 100 valence electrons. The number of methoxy groups -OCH3 is 1. The molecular weight excluding hydrogens is 234 g/mol. The van der Waals surface area contributed by atoms with Crippen LogP contribution in [0.5, 0.6) is 5.75 Å². The van der Waals surface area contributed by atoms with E-state index in [0.717, 1.165) is 11.4 Å². The van der Waals surface area contributed by atoms with Gasteiger partial charge in [0.15, 0.2) is 0 Å². The molecule has 0 spiro atoms. The van der Waals surface area contributed by atoms with E-state index in [4.69, 9.17) is 4.74 Å². The molecular formula is C17H21NO. The van der Waals surface area contributed by atoms with Crippen LogP contribution >= 0.6 is 0 Å². The Hall–Kier alpha value is -1.96. The molecule has 2 rings (SSSR count). The van der Waals surface area contributed by atoms with Crippen LogP contribution in [0.15, 0.2) is 42.5 Å². The summed E-state index contributed by atoms with van der Waals surface area (Å²) in [5.74, 6) is 0.873. The predicted octanol–water partition coefficient (Wildman–Crippen LogP) is 4.49. The fourth-order valence-electron chi connectivity index (χ4n) is 2.31. The minimum absolute atomic E-state index is 0.269. The first-order valence-corrected chi connectivity index (χ1v) is 6.57. The van der Waals surface area contributed by atoms with E-state index in [1.807, 2.05) is 18.2 Å². The van der Waals surface area contributed by atoms with Gasteiger partial charge in [-0.3, -0.25) is 0 Å². The van der Waals surface area contributed by atoms with Gasteiger partial charge in [0.25, 0.3) is 0 Å². The van der Waals surface area contributed by atoms with Crippen molar-refractivity contribution in [1.29, 1.82) is 0 Å². The van der Waals surface area contributed by atoms with E-state index in [9.17, 15) is 0 Å². The molecule has 2 nitrogen and oxygen atoms in total. The molecule has 2 aromatic rings. The SMILES string of the molecule is COc1cccc(NC(C)c2cc(C)cc(C)c2)c1. The standard InChI is InChI=1S/C17H21NO/c1-12-8-13(2)10-15(9-12)14(3)18-16-6-5-7-17(11-16)19-4/h5-11,14,18H,1-4H3. The Balaban J connectivity index is 2.17. The van der Waals surface area contributed by atoms with Crippen molar-refractivity contribution in [3.05, 3.63) is 59.2 Å². The van der Waals surface area contributed by atoms with Gasteiger partial charge in [0.1, 0.15) is 5.75 Å². The van der Waals surface area contributed by atoms with E-state index >= 15 is 0 Å². The Morgan fingerprint density at radius 1 is 1.00 bits per heavy atom. The number of nitrogens with one attached hydrogen (secondary N) is 1. The molecule has 1 atom stereocenters. The minimum Gasteiger partial charge on any atom is -0.497 e. The molecule has 0 aromatic heterocycles.